The van der Waals surface area contributed by atoms with Crippen LogP contribution in [0.5, 0.6) is 11.5 Å². The number of rotatable bonds is 7. The molecule has 28 heavy (non-hydrogen) atoms. The second-order valence-corrected chi connectivity index (χ2v) is 6.27. The Morgan fingerprint density at radius 1 is 0.714 bits per heavy atom. The van der Waals surface area contributed by atoms with Gasteiger partial charge in [0.15, 0.2) is 11.5 Å². The predicted octanol–water partition coefficient (Wildman–Crippen LogP) is 5.41. The first-order chi connectivity index (χ1) is 13.4. The average molecular weight is 387 g/mol. The normalized spacial score (nSPS) is 12.4. The van der Waals surface area contributed by atoms with Gasteiger partial charge >= 0.3 is 6.18 Å². The molecule has 3 aromatic carbocycles. The van der Waals surface area contributed by atoms with Crippen molar-refractivity contribution in [3.8, 4) is 11.5 Å². The lowest BCUT2D eigenvalue weighted by Gasteiger charge is -2.19. The van der Waals surface area contributed by atoms with Crippen LogP contribution in [0.2, 0.25) is 0 Å². The van der Waals surface area contributed by atoms with Crippen LogP contribution < -0.4 is 15.2 Å². The molecule has 0 aliphatic carbocycles. The van der Waals surface area contributed by atoms with Crippen molar-refractivity contribution in [2.24, 2.45) is 5.73 Å². The van der Waals surface area contributed by atoms with Crippen LogP contribution in [0.25, 0.3) is 0 Å². The van der Waals surface area contributed by atoms with Crippen LogP contribution in [0, 0.1) is 0 Å². The van der Waals surface area contributed by atoms with Crippen LogP contribution >= 0.6 is 0 Å². The molecular weight excluding hydrogens is 367 g/mol. The molecule has 0 radical (unpaired) electrons. The molecule has 0 bridgehead atoms. The third kappa shape index (κ3) is 5.27. The molecule has 0 heterocycles. The van der Waals surface area contributed by atoms with Crippen molar-refractivity contribution in [3.63, 3.8) is 0 Å². The Kier molecular flexibility index (Phi) is 6.21. The molecule has 1 atom stereocenters. The van der Waals surface area contributed by atoms with Crippen molar-refractivity contribution < 1.29 is 22.6 Å². The molecule has 0 aromatic heterocycles. The highest BCUT2D eigenvalue weighted by molar-refractivity contribution is 5.44. The molecule has 3 nitrogen and oxygen atoms in total. The standard InChI is InChI=1S/C22H20F3NO2/c23-22(24,25)21(26)18-11-12-19(27-14-16-7-3-1-4-8-16)20(13-18)28-15-17-9-5-2-6-10-17/h1-13,21H,14-15,26H2/t21-/m0/s1. The molecule has 3 rings (SSSR count). The minimum Gasteiger partial charge on any atom is -0.485 e. The summed E-state index contributed by atoms with van der Waals surface area (Å²) in [6.45, 7) is 0.473. The van der Waals surface area contributed by atoms with E-state index in [1.807, 2.05) is 60.7 Å². The summed E-state index contributed by atoms with van der Waals surface area (Å²) in [4.78, 5) is 0. The second kappa shape index (κ2) is 8.80. The monoisotopic (exact) mass is 387 g/mol. The Morgan fingerprint density at radius 3 is 1.71 bits per heavy atom. The molecular formula is C22H20F3NO2. The van der Waals surface area contributed by atoms with Crippen LogP contribution in [-0.2, 0) is 13.2 Å². The van der Waals surface area contributed by atoms with Gasteiger partial charge in [-0.15, -0.1) is 0 Å². The van der Waals surface area contributed by atoms with Crippen LogP contribution in [0.4, 0.5) is 13.2 Å². The number of halogens is 3. The predicted molar refractivity (Wildman–Crippen MR) is 101 cm³/mol. The molecule has 0 saturated heterocycles. The van der Waals surface area contributed by atoms with E-state index in [4.69, 9.17) is 15.2 Å². The summed E-state index contributed by atoms with van der Waals surface area (Å²) in [7, 11) is 0. The third-order valence-corrected chi connectivity index (χ3v) is 4.15. The number of benzene rings is 3. The average Bonchev–Trinajstić information content (AvgIpc) is 2.71. The first-order valence-corrected chi connectivity index (χ1v) is 8.73. The largest absolute Gasteiger partial charge is 0.485 e. The van der Waals surface area contributed by atoms with Crippen molar-refractivity contribution >= 4 is 0 Å². The molecule has 3 aromatic rings. The summed E-state index contributed by atoms with van der Waals surface area (Å²) in [6.07, 6.45) is -4.54. The van der Waals surface area contributed by atoms with E-state index in [1.165, 1.54) is 18.2 Å². The van der Waals surface area contributed by atoms with E-state index in [2.05, 4.69) is 0 Å². The van der Waals surface area contributed by atoms with Crippen molar-refractivity contribution in [2.75, 3.05) is 0 Å². The van der Waals surface area contributed by atoms with E-state index in [1.54, 1.807) is 0 Å². The molecule has 0 unspecified atom stereocenters. The SMILES string of the molecule is N[C@@H](c1ccc(OCc2ccccc2)c(OCc2ccccc2)c1)C(F)(F)F. The topological polar surface area (TPSA) is 44.5 Å². The zero-order chi connectivity index (χ0) is 20.0. The van der Waals surface area contributed by atoms with E-state index in [9.17, 15) is 13.2 Å². The number of hydrogen-bond acceptors (Lipinski definition) is 3. The molecule has 6 heteroatoms. The zero-order valence-electron chi connectivity index (χ0n) is 15.0. The zero-order valence-corrected chi connectivity index (χ0v) is 15.0. The Bertz CT molecular complexity index is 883. The number of ether oxygens (including phenoxy) is 2. The maximum absolute atomic E-state index is 13.0. The van der Waals surface area contributed by atoms with E-state index >= 15 is 0 Å². The lowest BCUT2D eigenvalue weighted by Crippen LogP contribution is -2.28. The fraction of sp³-hybridized carbons (Fsp3) is 0.182. The highest BCUT2D eigenvalue weighted by atomic mass is 19.4. The minimum atomic E-state index is -4.54. The molecule has 0 spiro atoms. The van der Waals surface area contributed by atoms with E-state index in [-0.39, 0.29) is 24.5 Å². The van der Waals surface area contributed by atoms with Crippen molar-refractivity contribution in [1.82, 2.24) is 0 Å². The molecule has 0 aliphatic rings. The third-order valence-electron chi connectivity index (χ3n) is 4.15. The van der Waals surface area contributed by atoms with Gasteiger partial charge in [0, 0.05) is 0 Å². The summed E-state index contributed by atoms with van der Waals surface area (Å²) in [5.74, 6) is 0.579. The smallest absolute Gasteiger partial charge is 0.407 e. The highest BCUT2D eigenvalue weighted by Gasteiger charge is 2.38. The van der Waals surface area contributed by atoms with Gasteiger partial charge in [0.25, 0.3) is 0 Å². The summed E-state index contributed by atoms with van der Waals surface area (Å²) in [5.41, 5.74) is 7.09. The minimum absolute atomic E-state index is 0.0809. The van der Waals surface area contributed by atoms with E-state index in [0.717, 1.165) is 11.1 Å². The Labute approximate surface area is 161 Å². The van der Waals surface area contributed by atoms with Gasteiger partial charge in [0.2, 0.25) is 0 Å². The maximum atomic E-state index is 13.0. The fourth-order valence-corrected chi connectivity index (χ4v) is 2.61. The fourth-order valence-electron chi connectivity index (χ4n) is 2.61. The van der Waals surface area contributed by atoms with Gasteiger partial charge < -0.3 is 15.2 Å². The van der Waals surface area contributed by atoms with Crippen LogP contribution in [-0.4, -0.2) is 6.18 Å². The molecule has 0 aliphatic heterocycles. The number of alkyl halides is 3. The van der Waals surface area contributed by atoms with Gasteiger partial charge in [-0.1, -0.05) is 66.7 Å². The second-order valence-electron chi connectivity index (χ2n) is 6.27. The highest BCUT2D eigenvalue weighted by Crippen LogP contribution is 2.36. The quantitative estimate of drug-likeness (QED) is 0.590. The summed E-state index contributed by atoms with van der Waals surface area (Å²) in [6, 6.07) is 20.8. The molecule has 2 N–H and O–H groups in total. The van der Waals surface area contributed by atoms with Crippen LogP contribution in [0.3, 0.4) is 0 Å². The molecule has 0 amide bonds. The van der Waals surface area contributed by atoms with E-state index in [0.29, 0.717) is 5.75 Å². The molecule has 0 saturated carbocycles. The summed E-state index contributed by atoms with van der Waals surface area (Å²) in [5, 5.41) is 0. The first-order valence-electron chi connectivity index (χ1n) is 8.73. The van der Waals surface area contributed by atoms with Gasteiger partial charge in [0.1, 0.15) is 19.3 Å². The Balaban J connectivity index is 1.82. The van der Waals surface area contributed by atoms with Crippen LogP contribution in [0.1, 0.15) is 22.7 Å². The summed E-state index contributed by atoms with van der Waals surface area (Å²) < 4.78 is 50.5. The Morgan fingerprint density at radius 2 is 1.21 bits per heavy atom. The first kappa shape index (κ1) is 19.8. The maximum Gasteiger partial charge on any atom is 0.407 e. The van der Waals surface area contributed by atoms with E-state index < -0.39 is 12.2 Å². The number of hydrogen-bond donors (Lipinski definition) is 1. The van der Waals surface area contributed by atoms with Crippen molar-refractivity contribution in [1.29, 1.82) is 0 Å². The van der Waals surface area contributed by atoms with Gasteiger partial charge in [-0.05, 0) is 28.8 Å². The van der Waals surface area contributed by atoms with Gasteiger partial charge in [-0.25, -0.2) is 0 Å². The van der Waals surface area contributed by atoms with Gasteiger partial charge in [0.05, 0.1) is 0 Å². The lowest BCUT2D eigenvalue weighted by molar-refractivity contribution is -0.149. The Hall–Kier alpha value is -2.99. The lowest BCUT2D eigenvalue weighted by atomic mass is 10.1. The number of nitrogens with two attached hydrogens (primary N) is 1. The molecule has 146 valence electrons. The summed E-state index contributed by atoms with van der Waals surface area (Å²) >= 11 is 0. The van der Waals surface area contributed by atoms with Crippen molar-refractivity contribution in [3.05, 3.63) is 95.6 Å². The molecule has 0 fully saturated rings. The van der Waals surface area contributed by atoms with Gasteiger partial charge in [-0.2, -0.15) is 13.2 Å². The van der Waals surface area contributed by atoms with Crippen LogP contribution in [0.15, 0.2) is 78.9 Å². The van der Waals surface area contributed by atoms with Crippen molar-refractivity contribution in [2.45, 2.75) is 25.4 Å². The van der Waals surface area contributed by atoms with Gasteiger partial charge in [-0.3, -0.25) is 0 Å².